The van der Waals surface area contributed by atoms with Gasteiger partial charge in [0.15, 0.2) is 0 Å². The standard InChI is InChI=1S/C22H21F4N3O2/c23-17-4-6-18(7-5-17)29-14-15(12-20(29)30)21(31)28-10-8-27(9-11-28)19-3-1-2-16(13-19)22(24,25)26/h1-7,13,15H,8-12,14H2. The molecular weight excluding hydrogens is 414 g/mol. The fraction of sp³-hybridized carbons (Fsp3) is 0.364. The molecule has 2 saturated heterocycles. The number of anilines is 2. The molecule has 0 spiro atoms. The number of halogens is 4. The summed E-state index contributed by atoms with van der Waals surface area (Å²) in [4.78, 5) is 30.3. The molecule has 2 aliphatic rings. The molecule has 4 rings (SSSR count). The molecule has 1 unspecified atom stereocenters. The van der Waals surface area contributed by atoms with Gasteiger partial charge in [0.1, 0.15) is 5.82 Å². The van der Waals surface area contributed by atoms with Gasteiger partial charge in [-0.25, -0.2) is 4.39 Å². The Hall–Kier alpha value is -3.10. The van der Waals surface area contributed by atoms with Gasteiger partial charge in [-0.05, 0) is 42.5 Å². The molecular formula is C22H21F4N3O2. The number of piperazine rings is 1. The molecule has 0 saturated carbocycles. The average Bonchev–Trinajstić information content (AvgIpc) is 3.15. The first kappa shape index (κ1) is 21.1. The number of hydrogen-bond acceptors (Lipinski definition) is 3. The first-order chi connectivity index (χ1) is 14.7. The summed E-state index contributed by atoms with van der Waals surface area (Å²) < 4.78 is 52.0. The monoisotopic (exact) mass is 435 g/mol. The minimum Gasteiger partial charge on any atom is -0.368 e. The smallest absolute Gasteiger partial charge is 0.368 e. The minimum absolute atomic E-state index is 0.0874. The number of carbonyl (C=O) groups is 2. The third-order valence-corrected chi connectivity index (χ3v) is 5.74. The van der Waals surface area contributed by atoms with Gasteiger partial charge in [-0.1, -0.05) is 6.07 Å². The van der Waals surface area contributed by atoms with E-state index in [4.69, 9.17) is 0 Å². The van der Waals surface area contributed by atoms with Crippen molar-refractivity contribution in [1.82, 2.24) is 4.90 Å². The molecule has 0 aliphatic carbocycles. The lowest BCUT2D eigenvalue weighted by Crippen LogP contribution is -2.50. The van der Waals surface area contributed by atoms with Crippen LogP contribution in [0.4, 0.5) is 28.9 Å². The van der Waals surface area contributed by atoms with Crippen molar-refractivity contribution in [3.63, 3.8) is 0 Å². The van der Waals surface area contributed by atoms with Gasteiger partial charge < -0.3 is 14.7 Å². The zero-order valence-electron chi connectivity index (χ0n) is 16.6. The van der Waals surface area contributed by atoms with E-state index in [1.165, 1.54) is 35.2 Å². The summed E-state index contributed by atoms with van der Waals surface area (Å²) in [5.41, 5.74) is 0.324. The van der Waals surface area contributed by atoms with Crippen molar-refractivity contribution in [2.24, 2.45) is 5.92 Å². The second-order valence-electron chi connectivity index (χ2n) is 7.74. The molecule has 2 aromatic carbocycles. The van der Waals surface area contributed by atoms with Crippen LogP contribution in [-0.2, 0) is 15.8 Å². The van der Waals surface area contributed by atoms with Crippen LogP contribution in [0, 0.1) is 11.7 Å². The molecule has 2 heterocycles. The SMILES string of the molecule is O=C(C1CC(=O)N(c2ccc(F)cc2)C1)N1CCN(c2cccc(C(F)(F)F)c2)CC1. The van der Waals surface area contributed by atoms with Gasteiger partial charge in [0, 0.05) is 50.5 Å². The predicted octanol–water partition coefficient (Wildman–Crippen LogP) is 3.55. The second kappa shape index (κ2) is 8.20. The fourth-order valence-electron chi connectivity index (χ4n) is 4.07. The van der Waals surface area contributed by atoms with E-state index >= 15 is 0 Å². The van der Waals surface area contributed by atoms with Crippen LogP contribution in [0.15, 0.2) is 48.5 Å². The van der Waals surface area contributed by atoms with Crippen molar-refractivity contribution >= 4 is 23.2 Å². The van der Waals surface area contributed by atoms with E-state index in [9.17, 15) is 27.2 Å². The Kier molecular flexibility index (Phi) is 5.60. The second-order valence-corrected chi connectivity index (χ2v) is 7.74. The van der Waals surface area contributed by atoms with Crippen molar-refractivity contribution in [3.8, 4) is 0 Å². The van der Waals surface area contributed by atoms with Crippen LogP contribution < -0.4 is 9.80 Å². The number of benzene rings is 2. The van der Waals surface area contributed by atoms with Gasteiger partial charge in [0.2, 0.25) is 11.8 Å². The summed E-state index contributed by atoms with van der Waals surface area (Å²) >= 11 is 0. The highest BCUT2D eigenvalue weighted by Gasteiger charge is 2.38. The van der Waals surface area contributed by atoms with E-state index in [1.807, 2.05) is 4.90 Å². The summed E-state index contributed by atoms with van der Waals surface area (Å²) in [5.74, 6) is -1.21. The van der Waals surface area contributed by atoms with Crippen LogP contribution in [-0.4, -0.2) is 49.4 Å². The number of nitrogens with zero attached hydrogens (tertiary/aromatic N) is 3. The highest BCUT2D eigenvalue weighted by atomic mass is 19.4. The average molecular weight is 435 g/mol. The maximum Gasteiger partial charge on any atom is 0.416 e. The summed E-state index contributed by atoms with van der Waals surface area (Å²) in [6.45, 7) is 1.80. The first-order valence-electron chi connectivity index (χ1n) is 9.99. The largest absolute Gasteiger partial charge is 0.416 e. The molecule has 2 amide bonds. The number of carbonyl (C=O) groups excluding carboxylic acids is 2. The van der Waals surface area contributed by atoms with Crippen molar-refractivity contribution in [3.05, 3.63) is 59.9 Å². The number of hydrogen-bond donors (Lipinski definition) is 0. The molecule has 5 nitrogen and oxygen atoms in total. The van der Waals surface area contributed by atoms with Crippen LogP contribution in [0.2, 0.25) is 0 Å². The maximum absolute atomic E-state index is 13.1. The molecule has 2 aromatic rings. The first-order valence-corrected chi connectivity index (χ1v) is 9.99. The van der Waals surface area contributed by atoms with E-state index in [0.29, 0.717) is 37.6 Å². The third kappa shape index (κ3) is 4.50. The van der Waals surface area contributed by atoms with Crippen LogP contribution in [0.1, 0.15) is 12.0 Å². The van der Waals surface area contributed by atoms with E-state index in [1.54, 1.807) is 11.0 Å². The molecule has 9 heteroatoms. The van der Waals surface area contributed by atoms with Gasteiger partial charge in [-0.15, -0.1) is 0 Å². The van der Waals surface area contributed by atoms with Crippen molar-refractivity contribution in [2.75, 3.05) is 42.5 Å². The van der Waals surface area contributed by atoms with Gasteiger partial charge in [-0.3, -0.25) is 9.59 Å². The Balaban J connectivity index is 1.37. The van der Waals surface area contributed by atoms with E-state index in [2.05, 4.69) is 0 Å². The zero-order chi connectivity index (χ0) is 22.2. The highest BCUT2D eigenvalue weighted by molar-refractivity contribution is 6.00. The normalized spacial score (nSPS) is 19.8. The Morgan fingerprint density at radius 2 is 1.61 bits per heavy atom. The summed E-state index contributed by atoms with van der Waals surface area (Å²) in [6, 6.07) is 10.7. The lowest BCUT2D eigenvalue weighted by atomic mass is 10.1. The topological polar surface area (TPSA) is 43.9 Å². The molecule has 2 fully saturated rings. The number of alkyl halides is 3. The highest BCUT2D eigenvalue weighted by Crippen LogP contribution is 2.32. The van der Waals surface area contributed by atoms with E-state index < -0.39 is 23.5 Å². The van der Waals surface area contributed by atoms with Gasteiger partial charge in [0.25, 0.3) is 0 Å². The maximum atomic E-state index is 13.1. The molecule has 0 N–H and O–H groups in total. The van der Waals surface area contributed by atoms with Crippen LogP contribution in [0.25, 0.3) is 0 Å². The Bertz CT molecular complexity index is 969. The fourth-order valence-corrected chi connectivity index (χ4v) is 4.07. The zero-order valence-corrected chi connectivity index (χ0v) is 16.6. The van der Waals surface area contributed by atoms with E-state index in [-0.39, 0.29) is 24.8 Å². The minimum atomic E-state index is -4.40. The lowest BCUT2D eigenvalue weighted by Gasteiger charge is -2.37. The number of rotatable bonds is 3. The summed E-state index contributed by atoms with van der Waals surface area (Å²) in [6.07, 6.45) is -4.32. The molecule has 0 radical (unpaired) electrons. The Labute approximate surface area is 176 Å². The van der Waals surface area contributed by atoms with Gasteiger partial charge in [-0.2, -0.15) is 13.2 Å². The number of amides is 2. The van der Waals surface area contributed by atoms with Crippen molar-refractivity contribution in [1.29, 1.82) is 0 Å². The molecule has 0 bridgehead atoms. The van der Waals surface area contributed by atoms with Crippen molar-refractivity contribution < 1.29 is 27.2 Å². The van der Waals surface area contributed by atoms with Crippen LogP contribution in [0.3, 0.4) is 0 Å². The Morgan fingerprint density at radius 3 is 2.26 bits per heavy atom. The molecule has 1 atom stereocenters. The summed E-state index contributed by atoms with van der Waals surface area (Å²) in [5, 5.41) is 0. The molecule has 0 aromatic heterocycles. The third-order valence-electron chi connectivity index (χ3n) is 5.74. The quantitative estimate of drug-likeness (QED) is 0.693. The van der Waals surface area contributed by atoms with Crippen LogP contribution in [0.5, 0.6) is 0 Å². The predicted molar refractivity (Wildman–Crippen MR) is 107 cm³/mol. The molecule has 31 heavy (non-hydrogen) atoms. The molecule has 2 aliphatic heterocycles. The van der Waals surface area contributed by atoms with Crippen LogP contribution >= 0.6 is 0 Å². The van der Waals surface area contributed by atoms with Gasteiger partial charge in [0.05, 0.1) is 11.5 Å². The summed E-state index contributed by atoms with van der Waals surface area (Å²) in [7, 11) is 0. The van der Waals surface area contributed by atoms with Gasteiger partial charge >= 0.3 is 6.18 Å². The van der Waals surface area contributed by atoms with Crippen molar-refractivity contribution in [2.45, 2.75) is 12.6 Å². The lowest BCUT2D eigenvalue weighted by molar-refractivity contribution is -0.137. The molecule has 164 valence electrons. The Morgan fingerprint density at radius 1 is 0.935 bits per heavy atom. The van der Waals surface area contributed by atoms with E-state index in [0.717, 1.165) is 12.1 Å².